The van der Waals surface area contributed by atoms with Gasteiger partial charge in [-0.1, -0.05) is 133 Å². The molecule has 0 unspecified atom stereocenters. The van der Waals surface area contributed by atoms with Crippen LogP contribution in [-0.4, -0.2) is 9.97 Å². The Balaban J connectivity index is 1.28. The predicted molar refractivity (Wildman–Crippen MR) is 176 cm³/mol. The second-order valence-electron chi connectivity index (χ2n) is 10.7. The molecule has 0 fully saturated rings. The Labute approximate surface area is 249 Å². The fraction of sp³-hybridized carbons (Fsp3) is 0. The quantitative estimate of drug-likeness (QED) is 0.214. The minimum absolute atomic E-state index is 0.800. The molecule has 3 nitrogen and oxygen atoms in total. The molecule has 0 aliphatic carbocycles. The van der Waals surface area contributed by atoms with E-state index >= 15 is 0 Å². The van der Waals surface area contributed by atoms with Crippen molar-refractivity contribution in [2.75, 3.05) is 0 Å². The van der Waals surface area contributed by atoms with E-state index in [1.165, 1.54) is 22.7 Å². The molecule has 0 N–H and O–H groups in total. The van der Waals surface area contributed by atoms with Gasteiger partial charge in [-0.3, -0.25) is 0 Å². The van der Waals surface area contributed by atoms with Gasteiger partial charge in [0.25, 0.3) is 0 Å². The number of pyridine rings is 1. The third-order valence-corrected chi connectivity index (χ3v) is 8.05. The van der Waals surface area contributed by atoms with E-state index in [9.17, 15) is 0 Å². The van der Waals surface area contributed by atoms with Crippen molar-refractivity contribution in [3.63, 3.8) is 0 Å². The van der Waals surface area contributed by atoms with Gasteiger partial charge in [0, 0.05) is 16.7 Å². The van der Waals surface area contributed by atoms with E-state index in [2.05, 4.69) is 132 Å². The Bertz CT molecular complexity index is 2160. The molecule has 8 rings (SSSR count). The van der Waals surface area contributed by atoms with E-state index in [0.717, 1.165) is 61.4 Å². The van der Waals surface area contributed by atoms with Crippen LogP contribution in [0.5, 0.6) is 0 Å². The summed E-state index contributed by atoms with van der Waals surface area (Å²) in [5.74, 6) is 0. The average molecular weight is 551 g/mol. The van der Waals surface area contributed by atoms with Crippen molar-refractivity contribution in [3.05, 3.63) is 158 Å². The van der Waals surface area contributed by atoms with Gasteiger partial charge in [0.2, 0.25) is 0 Å². The number of rotatable bonds is 5. The smallest absolute Gasteiger partial charge is 0.182 e. The van der Waals surface area contributed by atoms with Crippen LogP contribution in [0.3, 0.4) is 0 Å². The van der Waals surface area contributed by atoms with Crippen molar-refractivity contribution in [2.45, 2.75) is 0 Å². The zero-order valence-electron chi connectivity index (χ0n) is 23.3. The van der Waals surface area contributed by atoms with E-state index in [1.807, 2.05) is 24.3 Å². The molecule has 43 heavy (non-hydrogen) atoms. The molecule has 3 heteroatoms. The fourth-order valence-corrected chi connectivity index (χ4v) is 5.95. The van der Waals surface area contributed by atoms with Gasteiger partial charge in [0.05, 0.1) is 11.4 Å². The molecule has 0 atom stereocenters. The molecule has 0 amide bonds. The zero-order chi connectivity index (χ0) is 28.6. The number of oxazole rings is 1. The summed E-state index contributed by atoms with van der Waals surface area (Å²) in [7, 11) is 0. The highest BCUT2D eigenvalue weighted by atomic mass is 16.3. The van der Waals surface area contributed by atoms with E-state index in [-0.39, 0.29) is 0 Å². The molecule has 0 saturated carbocycles. The van der Waals surface area contributed by atoms with E-state index < -0.39 is 0 Å². The van der Waals surface area contributed by atoms with Crippen LogP contribution < -0.4 is 0 Å². The van der Waals surface area contributed by atoms with E-state index in [4.69, 9.17) is 9.40 Å². The maximum atomic E-state index is 5.86. The lowest BCUT2D eigenvalue weighted by molar-refractivity contribution is 0.603. The summed E-state index contributed by atoms with van der Waals surface area (Å²) in [6, 6.07) is 53.1. The van der Waals surface area contributed by atoms with Crippen LogP contribution in [0.15, 0.2) is 162 Å². The number of benzene rings is 6. The van der Waals surface area contributed by atoms with Crippen molar-refractivity contribution in [3.8, 4) is 55.9 Å². The van der Waals surface area contributed by atoms with Gasteiger partial charge < -0.3 is 4.42 Å². The third-order valence-electron chi connectivity index (χ3n) is 8.05. The van der Waals surface area contributed by atoms with Crippen molar-refractivity contribution >= 4 is 21.9 Å². The first-order chi connectivity index (χ1) is 21.3. The lowest BCUT2D eigenvalue weighted by Gasteiger charge is -2.15. The zero-order valence-corrected chi connectivity index (χ0v) is 23.3. The summed E-state index contributed by atoms with van der Waals surface area (Å²) in [4.78, 5) is 9.45. The second-order valence-corrected chi connectivity index (χ2v) is 10.7. The highest BCUT2D eigenvalue weighted by Crippen LogP contribution is 2.41. The van der Waals surface area contributed by atoms with Crippen LogP contribution in [0, 0.1) is 0 Å². The molecule has 0 bridgehead atoms. The van der Waals surface area contributed by atoms with Crippen molar-refractivity contribution < 1.29 is 4.42 Å². The normalized spacial score (nSPS) is 11.3. The molecule has 0 spiro atoms. The topological polar surface area (TPSA) is 38.9 Å². The summed E-state index contributed by atoms with van der Waals surface area (Å²) in [5, 5.41) is 2.40. The molecule has 2 heterocycles. The molecule has 0 aliphatic rings. The van der Waals surface area contributed by atoms with Crippen LogP contribution in [0.1, 0.15) is 0 Å². The van der Waals surface area contributed by atoms with Gasteiger partial charge in [-0.15, -0.1) is 0 Å². The highest BCUT2D eigenvalue weighted by Gasteiger charge is 2.16. The maximum Gasteiger partial charge on any atom is 0.182 e. The number of aromatic nitrogens is 2. The standard InChI is InChI=1S/C40H26N2O/c1-3-11-29(12-4-1)37-24-32(25-38(42-37)30-13-5-2-6-14-30)27-18-20-31(21-19-27)39-33-15-8-7-10-28(33)22-23-34(39)35-16-9-17-36-40(35)43-26-41-36/h1-26H. The Kier molecular flexibility index (Phi) is 6.12. The maximum absolute atomic E-state index is 5.86. The van der Waals surface area contributed by atoms with E-state index in [1.54, 1.807) is 0 Å². The van der Waals surface area contributed by atoms with Gasteiger partial charge in [-0.05, 0) is 56.8 Å². The molecule has 0 saturated heterocycles. The van der Waals surface area contributed by atoms with Gasteiger partial charge in [0.1, 0.15) is 5.52 Å². The number of nitrogens with zero attached hydrogens (tertiary/aromatic N) is 2. The van der Waals surface area contributed by atoms with Crippen molar-refractivity contribution in [1.82, 2.24) is 9.97 Å². The number of fused-ring (bicyclic) bond motifs is 2. The molecule has 6 aromatic carbocycles. The molecule has 0 radical (unpaired) electrons. The molecule has 8 aromatic rings. The van der Waals surface area contributed by atoms with Gasteiger partial charge >= 0.3 is 0 Å². The number of hydrogen-bond acceptors (Lipinski definition) is 3. The van der Waals surface area contributed by atoms with Crippen molar-refractivity contribution in [1.29, 1.82) is 0 Å². The summed E-state index contributed by atoms with van der Waals surface area (Å²) >= 11 is 0. The lowest BCUT2D eigenvalue weighted by atomic mass is 9.88. The molecule has 202 valence electrons. The highest BCUT2D eigenvalue weighted by molar-refractivity contribution is 6.07. The van der Waals surface area contributed by atoms with Gasteiger partial charge in [-0.2, -0.15) is 0 Å². The number of para-hydroxylation sites is 1. The van der Waals surface area contributed by atoms with Crippen LogP contribution in [0.4, 0.5) is 0 Å². The minimum atomic E-state index is 0.800. The first-order valence-electron chi connectivity index (χ1n) is 14.4. The van der Waals surface area contributed by atoms with Gasteiger partial charge in [0.15, 0.2) is 12.0 Å². The first-order valence-corrected chi connectivity index (χ1v) is 14.4. The summed E-state index contributed by atoms with van der Waals surface area (Å²) in [5.41, 5.74) is 12.5. The summed E-state index contributed by atoms with van der Waals surface area (Å²) < 4.78 is 5.86. The lowest BCUT2D eigenvalue weighted by Crippen LogP contribution is -1.92. The average Bonchev–Trinajstić information content (AvgIpc) is 3.58. The second kappa shape index (κ2) is 10.6. The summed E-state index contributed by atoms with van der Waals surface area (Å²) in [6.07, 6.45) is 1.52. The van der Waals surface area contributed by atoms with Gasteiger partial charge in [-0.25, -0.2) is 9.97 Å². The SMILES string of the molecule is c1ccc(-c2cc(-c3ccc(-c4c(-c5cccc6ncoc56)ccc5ccccc45)cc3)cc(-c3ccccc3)n2)cc1. The van der Waals surface area contributed by atoms with Crippen LogP contribution in [-0.2, 0) is 0 Å². The largest absolute Gasteiger partial charge is 0.443 e. The third kappa shape index (κ3) is 4.58. The van der Waals surface area contributed by atoms with Crippen LogP contribution in [0.25, 0.3) is 77.8 Å². The molecular formula is C40H26N2O. The van der Waals surface area contributed by atoms with Crippen LogP contribution in [0.2, 0.25) is 0 Å². The Morgan fingerprint density at radius 2 is 1.09 bits per heavy atom. The first kappa shape index (κ1) is 25.0. The minimum Gasteiger partial charge on any atom is -0.443 e. The number of hydrogen-bond donors (Lipinski definition) is 0. The Morgan fingerprint density at radius 1 is 0.442 bits per heavy atom. The van der Waals surface area contributed by atoms with Crippen molar-refractivity contribution in [2.24, 2.45) is 0 Å². The molecule has 2 aromatic heterocycles. The summed E-state index contributed by atoms with van der Waals surface area (Å²) in [6.45, 7) is 0. The van der Waals surface area contributed by atoms with E-state index in [0.29, 0.717) is 0 Å². The monoisotopic (exact) mass is 550 g/mol. The van der Waals surface area contributed by atoms with Crippen LogP contribution >= 0.6 is 0 Å². The Hall–Kier alpha value is -5.80. The predicted octanol–water partition coefficient (Wildman–Crippen LogP) is 10.7. The molecular weight excluding hydrogens is 524 g/mol. The molecule has 0 aliphatic heterocycles. The Morgan fingerprint density at radius 3 is 1.81 bits per heavy atom. The fourth-order valence-electron chi connectivity index (χ4n) is 5.95.